The smallest absolute Gasteiger partial charge is 0.265 e. The Hall–Kier alpha value is -2.34. The number of rotatable bonds is 3. The second-order valence-corrected chi connectivity index (χ2v) is 5.10. The Morgan fingerprint density at radius 2 is 2.05 bits per heavy atom. The van der Waals surface area contributed by atoms with Gasteiger partial charge in [-0.25, -0.2) is 9.97 Å². The van der Waals surface area contributed by atoms with Crippen LogP contribution in [0.25, 0.3) is 22.4 Å². The van der Waals surface area contributed by atoms with Crippen molar-refractivity contribution in [3.8, 4) is 11.4 Å². The SMILES string of the molecule is CCCn1c(=S)[nH]c2nc(-c3ccccc3)ncc2c1=O. The largest absolute Gasteiger partial charge is 0.316 e. The van der Waals surface area contributed by atoms with Gasteiger partial charge in [0.05, 0.1) is 0 Å². The molecule has 0 aliphatic heterocycles. The van der Waals surface area contributed by atoms with E-state index in [9.17, 15) is 4.79 Å². The van der Waals surface area contributed by atoms with E-state index >= 15 is 0 Å². The van der Waals surface area contributed by atoms with E-state index in [2.05, 4.69) is 15.0 Å². The summed E-state index contributed by atoms with van der Waals surface area (Å²) in [6, 6.07) is 9.62. The molecule has 0 amide bonds. The highest BCUT2D eigenvalue weighted by Gasteiger charge is 2.09. The summed E-state index contributed by atoms with van der Waals surface area (Å²) < 4.78 is 1.94. The van der Waals surface area contributed by atoms with E-state index in [4.69, 9.17) is 12.2 Å². The number of nitrogens with one attached hydrogen (secondary N) is 1. The molecule has 3 aromatic rings. The quantitative estimate of drug-likeness (QED) is 0.755. The van der Waals surface area contributed by atoms with E-state index in [0.29, 0.717) is 28.2 Å². The third-order valence-corrected chi connectivity index (χ3v) is 3.54. The Labute approximate surface area is 126 Å². The first-order valence-electron chi connectivity index (χ1n) is 6.76. The molecule has 106 valence electrons. The van der Waals surface area contributed by atoms with Crippen molar-refractivity contribution in [1.82, 2.24) is 19.5 Å². The van der Waals surface area contributed by atoms with Crippen LogP contribution >= 0.6 is 12.2 Å². The molecule has 1 N–H and O–H groups in total. The van der Waals surface area contributed by atoms with Gasteiger partial charge in [0.2, 0.25) is 0 Å². The molecule has 0 radical (unpaired) electrons. The number of benzene rings is 1. The maximum atomic E-state index is 12.4. The molecule has 0 saturated heterocycles. The molecule has 0 spiro atoms. The van der Waals surface area contributed by atoms with Gasteiger partial charge in [-0.1, -0.05) is 37.3 Å². The number of fused-ring (bicyclic) bond motifs is 1. The van der Waals surface area contributed by atoms with Crippen molar-refractivity contribution in [2.24, 2.45) is 0 Å². The molecule has 0 unspecified atom stereocenters. The van der Waals surface area contributed by atoms with E-state index in [1.165, 1.54) is 0 Å². The van der Waals surface area contributed by atoms with Crippen LogP contribution in [-0.2, 0) is 6.54 Å². The molecule has 6 heteroatoms. The highest BCUT2D eigenvalue weighted by atomic mass is 32.1. The predicted molar refractivity (Wildman–Crippen MR) is 84.7 cm³/mol. The van der Waals surface area contributed by atoms with Gasteiger partial charge < -0.3 is 4.98 Å². The zero-order valence-electron chi connectivity index (χ0n) is 11.5. The fourth-order valence-corrected chi connectivity index (χ4v) is 2.46. The molecule has 2 aromatic heterocycles. The summed E-state index contributed by atoms with van der Waals surface area (Å²) in [7, 11) is 0. The molecule has 3 rings (SSSR count). The molecule has 1 aromatic carbocycles. The zero-order valence-corrected chi connectivity index (χ0v) is 12.4. The van der Waals surface area contributed by atoms with Crippen LogP contribution in [0.15, 0.2) is 41.3 Å². The van der Waals surface area contributed by atoms with Gasteiger partial charge in [-0.05, 0) is 18.6 Å². The van der Waals surface area contributed by atoms with Crippen LogP contribution in [0.1, 0.15) is 13.3 Å². The summed E-state index contributed by atoms with van der Waals surface area (Å²) >= 11 is 5.24. The highest BCUT2D eigenvalue weighted by molar-refractivity contribution is 7.71. The Kier molecular flexibility index (Phi) is 3.62. The molecule has 0 aliphatic carbocycles. The van der Waals surface area contributed by atoms with Gasteiger partial charge in [-0.15, -0.1) is 0 Å². The summed E-state index contributed by atoms with van der Waals surface area (Å²) in [6.07, 6.45) is 2.40. The van der Waals surface area contributed by atoms with Gasteiger partial charge in [-0.2, -0.15) is 0 Å². The van der Waals surface area contributed by atoms with Gasteiger partial charge in [0.25, 0.3) is 5.56 Å². The van der Waals surface area contributed by atoms with Crippen molar-refractivity contribution in [2.75, 3.05) is 0 Å². The minimum absolute atomic E-state index is 0.143. The summed E-state index contributed by atoms with van der Waals surface area (Å²) in [6.45, 7) is 2.59. The second-order valence-electron chi connectivity index (χ2n) is 4.71. The Morgan fingerprint density at radius 3 is 2.76 bits per heavy atom. The molecule has 0 atom stereocenters. The third-order valence-electron chi connectivity index (χ3n) is 3.21. The molecule has 0 fully saturated rings. The van der Waals surface area contributed by atoms with E-state index in [1.54, 1.807) is 10.8 Å². The lowest BCUT2D eigenvalue weighted by Gasteiger charge is -2.07. The molecule has 0 saturated carbocycles. The average Bonchev–Trinajstić information content (AvgIpc) is 2.52. The lowest BCUT2D eigenvalue weighted by Crippen LogP contribution is -2.22. The van der Waals surface area contributed by atoms with Crippen LogP contribution < -0.4 is 5.56 Å². The van der Waals surface area contributed by atoms with Gasteiger partial charge >= 0.3 is 0 Å². The van der Waals surface area contributed by atoms with Crippen LogP contribution in [0.5, 0.6) is 0 Å². The standard InChI is InChI=1S/C15H14N4OS/c1-2-8-19-14(20)11-9-16-12(10-6-4-3-5-7-10)17-13(11)18-15(19)21/h3-7,9H,2,8H2,1H3,(H,16,17,18,21). The number of H-pyrrole nitrogens is 1. The zero-order chi connectivity index (χ0) is 14.8. The monoisotopic (exact) mass is 298 g/mol. The molecular formula is C15H14N4OS. The van der Waals surface area contributed by atoms with Crippen molar-refractivity contribution in [3.05, 3.63) is 51.7 Å². The fourth-order valence-electron chi connectivity index (χ4n) is 2.19. The minimum Gasteiger partial charge on any atom is -0.316 e. The maximum absolute atomic E-state index is 12.4. The van der Waals surface area contributed by atoms with Gasteiger partial charge in [-0.3, -0.25) is 9.36 Å². The van der Waals surface area contributed by atoms with Gasteiger partial charge in [0.15, 0.2) is 10.6 Å². The van der Waals surface area contributed by atoms with Crippen LogP contribution in [0.4, 0.5) is 0 Å². The molecular weight excluding hydrogens is 284 g/mol. The summed E-state index contributed by atoms with van der Waals surface area (Å²) in [5.41, 5.74) is 1.23. The summed E-state index contributed by atoms with van der Waals surface area (Å²) in [5, 5.41) is 0.455. The first-order chi connectivity index (χ1) is 10.2. The van der Waals surface area contributed by atoms with Crippen molar-refractivity contribution >= 4 is 23.3 Å². The minimum atomic E-state index is -0.143. The second kappa shape index (κ2) is 5.57. The van der Waals surface area contributed by atoms with Crippen molar-refractivity contribution in [3.63, 3.8) is 0 Å². The van der Waals surface area contributed by atoms with Gasteiger partial charge in [0.1, 0.15) is 11.0 Å². The van der Waals surface area contributed by atoms with E-state index in [-0.39, 0.29) is 5.56 Å². The third kappa shape index (κ3) is 2.50. The van der Waals surface area contributed by atoms with Crippen LogP contribution in [0.2, 0.25) is 0 Å². The van der Waals surface area contributed by atoms with Crippen molar-refractivity contribution in [1.29, 1.82) is 0 Å². The number of aromatic nitrogens is 4. The molecule has 2 heterocycles. The Morgan fingerprint density at radius 1 is 1.29 bits per heavy atom. The lowest BCUT2D eigenvalue weighted by molar-refractivity contribution is 0.637. The average molecular weight is 298 g/mol. The Bertz CT molecular complexity index is 899. The van der Waals surface area contributed by atoms with E-state index in [0.717, 1.165) is 12.0 Å². The summed E-state index contributed by atoms with van der Waals surface area (Å²) in [4.78, 5) is 24.1. The predicted octanol–water partition coefficient (Wildman–Crippen LogP) is 2.93. The van der Waals surface area contributed by atoms with Crippen molar-refractivity contribution in [2.45, 2.75) is 19.9 Å². The van der Waals surface area contributed by atoms with E-state index in [1.807, 2.05) is 37.3 Å². The number of aromatic amines is 1. The number of hydrogen-bond acceptors (Lipinski definition) is 4. The van der Waals surface area contributed by atoms with Crippen LogP contribution in [0.3, 0.4) is 0 Å². The number of nitrogens with zero attached hydrogens (tertiary/aromatic N) is 3. The topological polar surface area (TPSA) is 63.6 Å². The van der Waals surface area contributed by atoms with Crippen LogP contribution in [0, 0.1) is 4.77 Å². The van der Waals surface area contributed by atoms with Crippen LogP contribution in [-0.4, -0.2) is 19.5 Å². The number of hydrogen-bond donors (Lipinski definition) is 1. The molecule has 0 aliphatic rings. The molecule has 0 bridgehead atoms. The highest BCUT2D eigenvalue weighted by Crippen LogP contribution is 2.15. The summed E-state index contributed by atoms with van der Waals surface area (Å²) in [5.74, 6) is 0.571. The Balaban J connectivity index is 2.23. The van der Waals surface area contributed by atoms with E-state index < -0.39 is 0 Å². The van der Waals surface area contributed by atoms with Gasteiger partial charge in [0, 0.05) is 18.3 Å². The molecule has 5 nitrogen and oxygen atoms in total. The molecule has 21 heavy (non-hydrogen) atoms. The van der Waals surface area contributed by atoms with Crippen molar-refractivity contribution < 1.29 is 0 Å². The first kappa shape index (κ1) is 13.6. The maximum Gasteiger partial charge on any atom is 0.265 e. The first-order valence-corrected chi connectivity index (χ1v) is 7.17. The fraction of sp³-hybridized carbons (Fsp3) is 0.200. The lowest BCUT2D eigenvalue weighted by atomic mass is 10.2. The normalized spacial score (nSPS) is 10.9.